The van der Waals surface area contributed by atoms with Gasteiger partial charge in [-0.1, -0.05) is 42.3 Å². The Morgan fingerprint density at radius 2 is 1.83 bits per heavy atom. The van der Waals surface area contributed by atoms with Crippen LogP contribution in [0.3, 0.4) is 0 Å². The third kappa shape index (κ3) is 4.23. The summed E-state index contributed by atoms with van der Waals surface area (Å²) >= 11 is 14.3. The molecule has 4 amide bonds. The number of aliphatic carboxylic acids is 1. The molecule has 2 aliphatic carbocycles. The zero-order valence-corrected chi connectivity index (χ0v) is 24.2. The van der Waals surface area contributed by atoms with Crippen LogP contribution >= 0.6 is 23.2 Å². The Morgan fingerprint density at radius 1 is 1.10 bits per heavy atom. The quantitative estimate of drug-likeness (QED) is 0.190. The van der Waals surface area contributed by atoms with Crippen LogP contribution in [0.4, 0.5) is 0 Å². The number of benzene rings is 1. The van der Waals surface area contributed by atoms with Gasteiger partial charge < -0.3 is 10.2 Å². The van der Waals surface area contributed by atoms with Crippen LogP contribution in [0, 0.1) is 17.8 Å². The fourth-order valence-electron chi connectivity index (χ4n) is 7.26. The number of carbonyl (C=O) groups is 5. The van der Waals surface area contributed by atoms with Gasteiger partial charge in [0.15, 0.2) is 9.75 Å². The van der Waals surface area contributed by atoms with E-state index in [4.69, 9.17) is 28.3 Å². The number of hydrogen-bond donors (Lipinski definition) is 2. The summed E-state index contributed by atoms with van der Waals surface area (Å²) in [5.41, 5.74) is 1.49. The lowest BCUT2D eigenvalue weighted by Gasteiger charge is -2.50. The van der Waals surface area contributed by atoms with Gasteiger partial charge in [-0.25, -0.2) is 0 Å². The fourth-order valence-corrected chi connectivity index (χ4v) is 8.27. The van der Waals surface area contributed by atoms with Gasteiger partial charge in [0.1, 0.15) is 5.75 Å². The summed E-state index contributed by atoms with van der Waals surface area (Å²) in [6.07, 6.45) is 5.42. The Kier molecular flexibility index (Phi) is 7.57. The Bertz CT molecular complexity index is 1390. The summed E-state index contributed by atoms with van der Waals surface area (Å²) < 4.78 is 0. The molecule has 0 aromatic heterocycles. The van der Waals surface area contributed by atoms with Gasteiger partial charge in [0.25, 0.3) is 11.8 Å². The number of hydrogen-bond acceptors (Lipinski definition) is 6. The standard InChI is InChI=1S/C30H32Cl2N2O7/c1-3-8-16-9-7-10-19(24(16)37)23-17-12-13-18-22(26(39)34(25(18)38)14-6-4-5-11-21(35)36)20(17)15-29(31)27(40)33(2)28(41)30(23,29)32/h3,7,9-10,12,18,20,22-23,37H,1,4-6,8,11,13-15H2,2H3,(H,35,36). The van der Waals surface area contributed by atoms with E-state index in [1.54, 1.807) is 24.3 Å². The number of likely N-dealkylation sites (tertiary alicyclic amines) is 2. The van der Waals surface area contributed by atoms with Gasteiger partial charge >= 0.3 is 5.97 Å². The first-order valence-corrected chi connectivity index (χ1v) is 14.5. The number of halogens is 2. The highest BCUT2D eigenvalue weighted by molar-refractivity contribution is 6.53. The molecular weight excluding hydrogens is 571 g/mol. The van der Waals surface area contributed by atoms with E-state index in [1.807, 2.05) is 6.08 Å². The number of amides is 4. The second-order valence-electron chi connectivity index (χ2n) is 11.4. The average molecular weight is 603 g/mol. The molecule has 5 rings (SSSR count). The van der Waals surface area contributed by atoms with Crippen molar-refractivity contribution >= 4 is 52.8 Å². The summed E-state index contributed by atoms with van der Waals surface area (Å²) in [5, 5.41) is 20.2. The zero-order chi connectivity index (χ0) is 29.9. The van der Waals surface area contributed by atoms with Crippen molar-refractivity contribution in [2.24, 2.45) is 17.8 Å². The highest BCUT2D eigenvalue weighted by atomic mass is 35.5. The molecule has 4 aliphatic rings. The largest absolute Gasteiger partial charge is 0.507 e. The monoisotopic (exact) mass is 602 g/mol. The Balaban J connectivity index is 1.56. The molecule has 2 heterocycles. The summed E-state index contributed by atoms with van der Waals surface area (Å²) in [4.78, 5) is 63.5. The number of phenols is 1. The van der Waals surface area contributed by atoms with Crippen molar-refractivity contribution in [3.8, 4) is 5.75 Å². The number of alkyl halides is 2. The molecule has 1 aromatic carbocycles. The summed E-state index contributed by atoms with van der Waals surface area (Å²) in [7, 11) is 1.32. The number of carboxylic acid groups (broad SMARTS) is 1. The van der Waals surface area contributed by atoms with E-state index < -0.39 is 51.2 Å². The van der Waals surface area contributed by atoms with Gasteiger partial charge in [-0.05, 0) is 43.6 Å². The number of rotatable bonds is 9. The van der Waals surface area contributed by atoms with Crippen LogP contribution in [0.5, 0.6) is 5.75 Å². The van der Waals surface area contributed by atoms with Crippen LogP contribution in [-0.4, -0.2) is 73.0 Å². The highest BCUT2D eigenvalue weighted by Gasteiger charge is 2.76. The van der Waals surface area contributed by atoms with Crippen LogP contribution in [0.1, 0.15) is 55.6 Å². The molecule has 1 aromatic rings. The lowest BCUT2D eigenvalue weighted by molar-refractivity contribution is -0.141. The number of para-hydroxylation sites is 1. The first kappa shape index (κ1) is 29.3. The Hall–Kier alpha value is -3.17. The van der Waals surface area contributed by atoms with E-state index in [1.165, 1.54) is 11.9 Å². The molecule has 0 radical (unpaired) electrons. The van der Waals surface area contributed by atoms with Crippen molar-refractivity contribution in [3.63, 3.8) is 0 Å². The second kappa shape index (κ2) is 10.6. The fraction of sp³-hybridized carbons (Fsp3) is 0.500. The van der Waals surface area contributed by atoms with Crippen LogP contribution in [0.15, 0.2) is 42.5 Å². The predicted octanol–water partition coefficient (Wildman–Crippen LogP) is 3.75. The number of unbranched alkanes of at least 4 members (excludes halogenated alkanes) is 2. The minimum absolute atomic E-state index is 0.0178. The number of fused-ring (bicyclic) bond motifs is 4. The second-order valence-corrected chi connectivity index (χ2v) is 12.6. The molecule has 11 heteroatoms. The predicted molar refractivity (Wildman–Crippen MR) is 150 cm³/mol. The number of carboxylic acids is 1. The summed E-state index contributed by atoms with van der Waals surface area (Å²) in [5.74, 6) is -6.17. The van der Waals surface area contributed by atoms with E-state index in [0.717, 1.165) is 4.90 Å². The van der Waals surface area contributed by atoms with Gasteiger partial charge in [-0.15, -0.1) is 29.8 Å². The molecule has 0 spiro atoms. The highest BCUT2D eigenvalue weighted by Crippen LogP contribution is 2.66. The minimum Gasteiger partial charge on any atom is -0.507 e. The number of aromatic hydroxyl groups is 1. The SMILES string of the molecule is C=CCc1cccc(C2C3=CCC4C(=O)N(CCCCCC(=O)O)C(=O)C4C3CC3(Cl)C(=O)N(C)C(=O)C23Cl)c1O. The Labute approximate surface area is 247 Å². The molecule has 218 valence electrons. The summed E-state index contributed by atoms with van der Waals surface area (Å²) in [6.45, 7) is 3.91. The molecule has 2 aliphatic heterocycles. The zero-order valence-electron chi connectivity index (χ0n) is 22.6. The maximum atomic E-state index is 13.8. The maximum absolute atomic E-state index is 13.8. The van der Waals surface area contributed by atoms with Gasteiger partial charge in [-0.2, -0.15) is 0 Å². The molecule has 41 heavy (non-hydrogen) atoms. The van der Waals surface area contributed by atoms with Crippen LogP contribution in [-0.2, 0) is 30.4 Å². The first-order chi connectivity index (χ1) is 19.4. The van der Waals surface area contributed by atoms with Gasteiger partial charge in [0.2, 0.25) is 11.8 Å². The number of phenolic OH excluding ortho intramolecular Hbond substituents is 1. The maximum Gasteiger partial charge on any atom is 0.303 e. The van der Waals surface area contributed by atoms with Crippen molar-refractivity contribution in [2.75, 3.05) is 13.6 Å². The first-order valence-electron chi connectivity index (χ1n) is 13.8. The van der Waals surface area contributed by atoms with E-state index in [9.17, 15) is 29.1 Å². The minimum atomic E-state index is -1.96. The molecule has 2 saturated heterocycles. The molecule has 1 saturated carbocycles. The third-order valence-corrected chi connectivity index (χ3v) is 10.6. The Morgan fingerprint density at radius 3 is 2.51 bits per heavy atom. The van der Waals surface area contributed by atoms with Gasteiger partial charge in [0, 0.05) is 31.5 Å². The molecule has 3 fully saturated rings. The third-order valence-electron chi connectivity index (χ3n) is 9.20. The average Bonchev–Trinajstić information content (AvgIpc) is 3.25. The topological polar surface area (TPSA) is 132 Å². The molecule has 9 nitrogen and oxygen atoms in total. The molecule has 6 unspecified atom stereocenters. The number of carbonyl (C=O) groups excluding carboxylic acids is 4. The van der Waals surface area contributed by atoms with Crippen LogP contribution in [0.2, 0.25) is 0 Å². The van der Waals surface area contributed by atoms with Gasteiger partial charge in [0.05, 0.1) is 11.8 Å². The van der Waals surface area contributed by atoms with Crippen molar-refractivity contribution in [1.82, 2.24) is 9.80 Å². The van der Waals surface area contributed by atoms with Crippen LogP contribution in [0.25, 0.3) is 0 Å². The lowest BCUT2D eigenvalue weighted by atomic mass is 9.56. The van der Waals surface area contributed by atoms with Crippen molar-refractivity contribution in [1.29, 1.82) is 0 Å². The molecule has 0 bridgehead atoms. The molecular formula is C30H32Cl2N2O7. The van der Waals surface area contributed by atoms with Crippen molar-refractivity contribution in [2.45, 2.75) is 60.6 Å². The van der Waals surface area contributed by atoms with E-state index in [2.05, 4.69) is 6.58 Å². The number of nitrogens with zero attached hydrogens (tertiary/aromatic N) is 2. The van der Waals surface area contributed by atoms with Gasteiger partial charge in [-0.3, -0.25) is 33.8 Å². The summed E-state index contributed by atoms with van der Waals surface area (Å²) in [6, 6.07) is 5.09. The van der Waals surface area contributed by atoms with Crippen molar-refractivity contribution in [3.05, 3.63) is 53.6 Å². The van der Waals surface area contributed by atoms with E-state index in [0.29, 0.717) is 42.4 Å². The smallest absolute Gasteiger partial charge is 0.303 e. The number of allylic oxidation sites excluding steroid dienone is 3. The lowest BCUT2D eigenvalue weighted by Crippen LogP contribution is -2.60. The normalized spacial score (nSPS) is 32.5. The van der Waals surface area contributed by atoms with E-state index in [-0.39, 0.29) is 43.4 Å². The van der Waals surface area contributed by atoms with Crippen LogP contribution < -0.4 is 0 Å². The molecule has 6 atom stereocenters. The molecule has 2 N–H and O–H groups in total. The number of imide groups is 2. The van der Waals surface area contributed by atoms with E-state index >= 15 is 0 Å². The van der Waals surface area contributed by atoms with Crippen molar-refractivity contribution < 1.29 is 34.2 Å².